The highest BCUT2D eigenvalue weighted by atomic mass is 16.2. The van der Waals surface area contributed by atoms with Crippen LogP contribution >= 0.6 is 0 Å². The number of rotatable bonds is 5. The van der Waals surface area contributed by atoms with Gasteiger partial charge in [-0.25, -0.2) is 0 Å². The number of anilines is 2. The number of carbonyl (C=O) groups excluding carboxylic acids is 2. The predicted molar refractivity (Wildman–Crippen MR) is 79.3 cm³/mol. The van der Waals surface area contributed by atoms with Crippen molar-refractivity contribution >= 4 is 23.2 Å². The van der Waals surface area contributed by atoms with Crippen LogP contribution in [-0.2, 0) is 9.59 Å². The molecule has 0 unspecified atom stereocenters. The second-order valence-electron chi connectivity index (χ2n) is 5.83. The van der Waals surface area contributed by atoms with E-state index in [-0.39, 0.29) is 11.8 Å². The topological polar surface area (TPSA) is 84.2 Å². The molecule has 0 saturated heterocycles. The molecule has 1 fully saturated rings. The first kappa shape index (κ1) is 14.5. The summed E-state index contributed by atoms with van der Waals surface area (Å²) in [6.07, 6.45) is 1.97. The summed E-state index contributed by atoms with van der Waals surface area (Å²) in [5.41, 5.74) is 6.55. The highest BCUT2D eigenvalue weighted by molar-refractivity contribution is 6.00. The maximum Gasteiger partial charge on any atom is 0.244 e. The van der Waals surface area contributed by atoms with Crippen LogP contribution in [0.5, 0.6) is 0 Å². The summed E-state index contributed by atoms with van der Waals surface area (Å²) in [7, 11) is 0. The second kappa shape index (κ2) is 5.63. The molecule has 1 aromatic rings. The zero-order valence-corrected chi connectivity index (χ0v) is 11.9. The average molecular weight is 275 g/mol. The SMILES string of the molecule is CC(C)CC(=O)Nc1ccc(NC(=O)C2(N)CC2)cc1. The molecule has 1 saturated carbocycles. The van der Waals surface area contributed by atoms with Crippen LogP contribution in [0.1, 0.15) is 33.1 Å². The maximum absolute atomic E-state index is 11.8. The van der Waals surface area contributed by atoms with Gasteiger partial charge in [-0.05, 0) is 43.0 Å². The van der Waals surface area contributed by atoms with Gasteiger partial charge >= 0.3 is 0 Å². The molecule has 0 spiro atoms. The summed E-state index contributed by atoms with van der Waals surface area (Å²) in [5.74, 6) is 0.178. The molecule has 0 aromatic heterocycles. The minimum Gasteiger partial charge on any atom is -0.326 e. The summed E-state index contributed by atoms with van der Waals surface area (Å²) in [5, 5.41) is 5.60. The molecule has 5 heteroatoms. The predicted octanol–water partition coefficient (Wildman–Crippen LogP) is 2.10. The fourth-order valence-electron chi connectivity index (χ4n) is 1.84. The van der Waals surface area contributed by atoms with Crippen LogP contribution in [0.2, 0.25) is 0 Å². The van der Waals surface area contributed by atoms with E-state index in [1.165, 1.54) is 0 Å². The molecule has 5 nitrogen and oxygen atoms in total. The molecule has 2 amide bonds. The Bertz CT molecular complexity index is 504. The van der Waals surface area contributed by atoms with Crippen molar-refractivity contribution in [3.05, 3.63) is 24.3 Å². The Hall–Kier alpha value is -1.88. The molecule has 108 valence electrons. The summed E-state index contributed by atoms with van der Waals surface area (Å²) in [6.45, 7) is 4.00. The lowest BCUT2D eigenvalue weighted by Crippen LogP contribution is -2.37. The third-order valence-corrected chi connectivity index (χ3v) is 3.26. The minimum absolute atomic E-state index is 0.00400. The van der Waals surface area contributed by atoms with E-state index in [1.54, 1.807) is 24.3 Å². The van der Waals surface area contributed by atoms with Crippen molar-refractivity contribution in [2.75, 3.05) is 10.6 Å². The van der Waals surface area contributed by atoms with Gasteiger partial charge in [0.1, 0.15) is 0 Å². The molecular weight excluding hydrogens is 254 g/mol. The number of hydrogen-bond donors (Lipinski definition) is 3. The van der Waals surface area contributed by atoms with E-state index in [9.17, 15) is 9.59 Å². The van der Waals surface area contributed by atoms with Crippen LogP contribution in [-0.4, -0.2) is 17.4 Å². The van der Waals surface area contributed by atoms with Crippen molar-refractivity contribution in [1.82, 2.24) is 0 Å². The zero-order valence-electron chi connectivity index (χ0n) is 11.9. The van der Waals surface area contributed by atoms with Gasteiger partial charge in [0.05, 0.1) is 5.54 Å². The highest BCUT2D eigenvalue weighted by Crippen LogP contribution is 2.33. The number of hydrogen-bond acceptors (Lipinski definition) is 3. The van der Waals surface area contributed by atoms with Crippen LogP contribution in [0.4, 0.5) is 11.4 Å². The van der Waals surface area contributed by atoms with E-state index in [4.69, 9.17) is 5.73 Å². The molecule has 20 heavy (non-hydrogen) atoms. The van der Waals surface area contributed by atoms with E-state index in [0.717, 1.165) is 18.5 Å². The third kappa shape index (κ3) is 3.81. The van der Waals surface area contributed by atoms with E-state index < -0.39 is 5.54 Å². The van der Waals surface area contributed by atoms with Crippen molar-refractivity contribution in [2.45, 2.75) is 38.6 Å². The minimum atomic E-state index is -0.676. The molecule has 0 radical (unpaired) electrons. The van der Waals surface area contributed by atoms with Gasteiger partial charge in [0.25, 0.3) is 0 Å². The standard InChI is InChI=1S/C15H21N3O2/c1-10(2)9-13(19)17-11-3-5-12(6-4-11)18-14(20)15(16)7-8-15/h3-6,10H,7-9,16H2,1-2H3,(H,17,19)(H,18,20). The lowest BCUT2D eigenvalue weighted by Gasteiger charge is -2.11. The van der Waals surface area contributed by atoms with Gasteiger partial charge in [0.15, 0.2) is 0 Å². The summed E-state index contributed by atoms with van der Waals surface area (Å²) in [4.78, 5) is 23.4. The Labute approximate surface area is 118 Å². The van der Waals surface area contributed by atoms with Crippen LogP contribution in [0.3, 0.4) is 0 Å². The third-order valence-electron chi connectivity index (χ3n) is 3.26. The Kier molecular flexibility index (Phi) is 4.09. The fourth-order valence-corrected chi connectivity index (χ4v) is 1.84. The van der Waals surface area contributed by atoms with Gasteiger partial charge in [-0.3, -0.25) is 9.59 Å². The lowest BCUT2D eigenvalue weighted by molar-refractivity contribution is -0.118. The van der Waals surface area contributed by atoms with E-state index in [0.29, 0.717) is 18.0 Å². The molecular formula is C15H21N3O2. The average Bonchev–Trinajstić information content (AvgIpc) is 3.10. The normalized spacial score (nSPS) is 15.8. The first-order chi connectivity index (χ1) is 9.39. The van der Waals surface area contributed by atoms with Crippen molar-refractivity contribution in [1.29, 1.82) is 0 Å². The van der Waals surface area contributed by atoms with Gasteiger partial charge in [-0.1, -0.05) is 13.8 Å². The van der Waals surface area contributed by atoms with Crippen molar-refractivity contribution in [3.8, 4) is 0 Å². The lowest BCUT2D eigenvalue weighted by atomic mass is 10.1. The largest absolute Gasteiger partial charge is 0.326 e. The van der Waals surface area contributed by atoms with Crippen molar-refractivity contribution in [3.63, 3.8) is 0 Å². The second-order valence-corrected chi connectivity index (χ2v) is 5.83. The van der Waals surface area contributed by atoms with Crippen LogP contribution in [0.25, 0.3) is 0 Å². The summed E-state index contributed by atoms with van der Waals surface area (Å²) >= 11 is 0. The number of nitrogens with one attached hydrogen (secondary N) is 2. The number of carbonyl (C=O) groups is 2. The Morgan fingerprint density at radius 3 is 2.10 bits per heavy atom. The van der Waals surface area contributed by atoms with Crippen LogP contribution in [0, 0.1) is 5.92 Å². The summed E-state index contributed by atoms with van der Waals surface area (Å²) < 4.78 is 0. The van der Waals surface area contributed by atoms with E-state index >= 15 is 0 Å². The van der Waals surface area contributed by atoms with Gasteiger partial charge in [-0.15, -0.1) is 0 Å². The molecule has 1 aliphatic rings. The van der Waals surface area contributed by atoms with Crippen molar-refractivity contribution < 1.29 is 9.59 Å². The Balaban J connectivity index is 1.89. The highest BCUT2D eigenvalue weighted by Gasteiger charge is 2.45. The van der Waals surface area contributed by atoms with E-state index in [1.807, 2.05) is 13.8 Å². The van der Waals surface area contributed by atoms with Gasteiger partial charge in [-0.2, -0.15) is 0 Å². The Morgan fingerprint density at radius 2 is 1.65 bits per heavy atom. The number of nitrogens with two attached hydrogens (primary N) is 1. The molecule has 2 rings (SSSR count). The summed E-state index contributed by atoms with van der Waals surface area (Å²) in [6, 6.07) is 7.05. The molecule has 0 heterocycles. The van der Waals surface area contributed by atoms with Gasteiger partial charge in [0.2, 0.25) is 11.8 Å². The van der Waals surface area contributed by atoms with Gasteiger partial charge in [0, 0.05) is 17.8 Å². The molecule has 1 aromatic carbocycles. The monoisotopic (exact) mass is 275 g/mol. The number of amides is 2. The Morgan fingerprint density at radius 1 is 1.15 bits per heavy atom. The fraction of sp³-hybridized carbons (Fsp3) is 0.467. The van der Waals surface area contributed by atoms with Crippen molar-refractivity contribution in [2.24, 2.45) is 11.7 Å². The van der Waals surface area contributed by atoms with E-state index in [2.05, 4.69) is 10.6 Å². The van der Waals surface area contributed by atoms with Crippen LogP contribution in [0.15, 0.2) is 24.3 Å². The zero-order chi connectivity index (χ0) is 14.8. The molecule has 0 atom stereocenters. The molecule has 0 bridgehead atoms. The molecule has 1 aliphatic carbocycles. The van der Waals surface area contributed by atoms with Gasteiger partial charge < -0.3 is 16.4 Å². The molecule has 4 N–H and O–H groups in total. The maximum atomic E-state index is 11.8. The number of benzene rings is 1. The quantitative estimate of drug-likeness (QED) is 0.769. The first-order valence-corrected chi connectivity index (χ1v) is 6.89. The smallest absolute Gasteiger partial charge is 0.244 e. The molecule has 0 aliphatic heterocycles. The first-order valence-electron chi connectivity index (χ1n) is 6.89. The van der Waals surface area contributed by atoms with Crippen LogP contribution < -0.4 is 16.4 Å².